The Hall–Kier alpha value is -2.93. The average molecular weight is 356 g/mol. The molecule has 0 fully saturated rings. The predicted molar refractivity (Wildman–Crippen MR) is 101 cm³/mol. The number of methoxy groups -OCH3 is 1. The highest BCUT2D eigenvalue weighted by molar-refractivity contribution is 6.06. The van der Waals surface area contributed by atoms with Crippen LogP contribution in [0.1, 0.15) is 27.3 Å². The summed E-state index contributed by atoms with van der Waals surface area (Å²) in [5.41, 5.74) is 1.12. The monoisotopic (exact) mass is 356 g/mol. The van der Waals surface area contributed by atoms with Crippen molar-refractivity contribution in [3.05, 3.63) is 53.9 Å². The zero-order valence-electron chi connectivity index (χ0n) is 15.3. The summed E-state index contributed by atoms with van der Waals surface area (Å²) in [5, 5.41) is 5.59. The molecule has 7 nitrogen and oxygen atoms in total. The van der Waals surface area contributed by atoms with Gasteiger partial charge in [0.2, 0.25) is 0 Å². The summed E-state index contributed by atoms with van der Waals surface area (Å²) < 4.78 is 5.22. The quantitative estimate of drug-likeness (QED) is 0.707. The molecule has 0 spiro atoms. The van der Waals surface area contributed by atoms with E-state index in [9.17, 15) is 9.59 Å². The number of carbonyl (C=O) groups excluding carboxylic acids is 2. The van der Waals surface area contributed by atoms with E-state index in [-0.39, 0.29) is 17.5 Å². The fourth-order valence-electron chi connectivity index (χ4n) is 2.33. The first-order chi connectivity index (χ1) is 12.5. The summed E-state index contributed by atoms with van der Waals surface area (Å²) in [5.74, 6) is -0.0666. The van der Waals surface area contributed by atoms with Gasteiger partial charge in [-0.1, -0.05) is 12.1 Å². The van der Waals surface area contributed by atoms with Crippen molar-refractivity contribution < 1.29 is 14.3 Å². The highest BCUT2D eigenvalue weighted by Gasteiger charge is 2.13. The molecule has 2 N–H and O–H groups in total. The van der Waals surface area contributed by atoms with Crippen molar-refractivity contribution in [2.75, 3.05) is 39.6 Å². The third kappa shape index (κ3) is 5.56. The van der Waals surface area contributed by atoms with Gasteiger partial charge in [0.1, 0.15) is 11.4 Å². The van der Waals surface area contributed by atoms with E-state index in [0.717, 1.165) is 13.0 Å². The molecule has 0 unspecified atom stereocenters. The fourth-order valence-corrected chi connectivity index (χ4v) is 2.33. The van der Waals surface area contributed by atoms with Gasteiger partial charge in [0.15, 0.2) is 0 Å². The summed E-state index contributed by atoms with van der Waals surface area (Å²) in [6, 6.07) is 10.2. The van der Waals surface area contributed by atoms with E-state index in [2.05, 4.69) is 15.6 Å². The number of anilines is 1. The largest absolute Gasteiger partial charge is 0.495 e. The second-order valence-electron chi connectivity index (χ2n) is 6.00. The Kier molecular flexibility index (Phi) is 7.11. The first-order valence-electron chi connectivity index (χ1n) is 8.34. The Morgan fingerprint density at radius 3 is 2.65 bits per heavy atom. The van der Waals surface area contributed by atoms with Crippen LogP contribution in [0.2, 0.25) is 0 Å². The lowest BCUT2D eigenvalue weighted by molar-refractivity contribution is 0.0947. The molecule has 1 heterocycles. The number of amides is 2. The minimum atomic E-state index is -0.335. The molecule has 0 aliphatic rings. The van der Waals surface area contributed by atoms with Crippen molar-refractivity contribution in [2.24, 2.45) is 0 Å². The van der Waals surface area contributed by atoms with Gasteiger partial charge in [-0.15, -0.1) is 0 Å². The number of ether oxygens (including phenoxy) is 1. The van der Waals surface area contributed by atoms with Crippen LogP contribution in [0.5, 0.6) is 5.75 Å². The summed E-state index contributed by atoms with van der Waals surface area (Å²) in [6.45, 7) is 1.44. The van der Waals surface area contributed by atoms with Crippen molar-refractivity contribution in [2.45, 2.75) is 6.42 Å². The highest BCUT2D eigenvalue weighted by Crippen LogP contribution is 2.23. The molecule has 0 atom stereocenters. The van der Waals surface area contributed by atoms with E-state index in [1.54, 1.807) is 24.3 Å². The van der Waals surface area contributed by atoms with Gasteiger partial charge >= 0.3 is 0 Å². The maximum atomic E-state index is 12.5. The van der Waals surface area contributed by atoms with Crippen LogP contribution >= 0.6 is 0 Å². The first-order valence-corrected chi connectivity index (χ1v) is 8.34. The number of nitrogens with one attached hydrogen (secondary N) is 2. The molecule has 2 rings (SSSR count). The number of rotatable bonds is 8. The van der Waals surface area contributed by atoms with Crippen molar-refractivity contribution in [3.8, 4) is 5.75 Å². The second-order valence-corrected chi connectivity index (χ2v) is 6.00. The van der Waals surface area contributed by atoms with E-state index >= 15 is 0 Å². The fraction of sp³-hybridized carbons (Fsp3) is 0.316. The van der Waals surface area contributed by atoms with E-state index in [4.69, 9.17) is 4.74 Å². The Balaban J connectivity index is 2.01. The van der Waals surface area contributed by atoms with Gasteiger partial charge in [0.05, 0.1) is 12.8 Å². The van der Waals surface area contributed by atoms with Crippen molar-refractivity contribution in [1.29, 1.82) is 0 Å². The Labute approximate surface area is 153 Å². The number of hydrogen-bond donors (Lipinski definition) is 2. The molecule has 0 aliphatic carbocycles. The number of para-hydroxylation sites is 2. The van der Waals surface area contributed by atoms with Crippen LogP contribution < -0.4 is 15.4 Å². The normalized spacial score (nSPS) is 10.5. The van der Waals surface area contributed by atoms with Crippen LogP contribution in [0.25, 0.3) is 0 Å². The Morgan fingerprint density at radius 2 is 1.92 bits per heavy atom. The number of hydrogen-bond acceptors (Lipinski definition) is 5. The van der Waals surface area contributed by atoms with E-state index in [0.29, 0.717) is 23.5 Å². The lowest BCUT2D eigenvalue weighted by Crippen LogP contribution is -2.28. The van der Waals surface area contributed by atoms with Crippen molar-refractivity contribution in [1.82, 2.24) is 15.2 Å². The smallest absolute Gasteiger partial charge is 0.269 e. The maximum Gasteiger partial charge on any atom is 0.269 e. The standard InChI is InChI=1S/C19H24N4O3/c1-23(2)12-6-10-21-19(25)16-13-14(9-11-20-16)18(24)22-15-7-4-5-8-17(15)26-3/h4-5,7-9,11,13H,6,10,12H2,1-3H3,(H,21,25)(H,22,24). The van der Waals surface area contributed by atoms with Gasteiger partial charge in [-0.25, -0.2) is 0 Å². The maximum absolute atomic E-state index is 12.5. The molecule has 0 radical (unpaired) electrons. The molecule has 1 aromatic heterocycles. The number of pyridine rings is 1. The van der Waals surface area contributed by atoms with E-state index in [1.165, 1.54) is 19.4 Å². The Bertz CT molecular complexity index is 762. The summed E-state index contributed by atoms with van der Waals surface area (Å²) in [4.78, 5) is 30.7. The summed E-state index contributed by atoms with van der Waals surface area (Å²) >= 11 is 0. The van der Waals surface area contributed by atoms with Gasteiger partial charge in [-0.05, 0) is 51.3 Å². The zero-order valence-corrected chi connectivity index (χ0v) is 15.3. The summed E-state index contributed by atoms with van der Waals surface area (Å²) in [6.07, 6.45) is 2.29. The van der Waals surface area contributed by atoms with Gasteiger partial charge in [0, 0.05) is 18.3 Å². The minimum absolute atomic E-state index is 0.211. The lowest BCUT2D eigenvalue weighted by Gasteiger charge is -2.11. The van der Waals surface area contributed by atoms with Crippen LogP contribution in [0, 0.1) is 0 Å². The molecular weight excluding hydrogens is 332 g/mol. The van der Waals surface area contributed by atoms with Crippen LogP contribution in [0.15, 0.2) is 42.6 Å². The molecule has 7 heteroatoms. The molecule has 138 valence electrons. The first kappa shape index (κ1) is 19.4. The Morgan fingerprint density at radius 1 is 1.15 bits per heavy atom. The van der Waals surface area contributed by atoms with Crippen LogP contribution in [-0.2, 0) is 0 Å². The zero-order chi connectivity index (χ0) is 18.9. The number of benzene rings is 1. The SMILES string of the molecule is COc1ccccc1NC(=O)c1ccnc(C(=O)NCCCN(C)C)c1. The molecule has 0 saturated heterocycles. The summed E-state index contributed by atoms with van der Waals surface area (Å²) in [7, 11) is 5.50. The molecular formula is C19H24N4O3. The minimum Gasteiger partial charge on any atom is -0.495 e. The number of carbonyl (C=O) groups is 2. The molecule has 2 amide bonds. The molecule has 0 saturated carbocycles. The van der Waals surface area contributed by atoms with Gasteiger partial charge in [0.25, 0.3) is 11.8 Å². The van der Waals surface area contributed by atoms with E-state index < -0.39 is 0 Å². The molecule has 26 heavy (non-hydrogen) atoms. The topological polar surface area (TPSA) is 83.6 Å². The van der Waals surface area contributed by atoms with Crippen molar-refractivity contribution >= 4 is 17.5 Å². The van der Waals surface area contributed by atoms with Crippen LogP contribution in [0.3, 0.4) is 0 Å². The molecule has 0 aliphatic heterocycles. The van der Waals surface area contributed by atoms with Gasteiger partial charge in [-0.3, -0.25) is 14.6 Å². The van der Waals surface area contributed by atoms with Crippen LogP contribution in [0.4, 0.5) is 5.69 Å². The third-order valence-corrected chi connectivity index (χ3v) is 3.68. The number of aromatic nitrogens is 1. The van der Waals surface area contributed by atoms with Gasteiger partial charge < -0.3 is 20.3 Å². The van der Waals surface area contributed by atoms with Gasteiger partial charge in [-0.2, -0.15) is 0 Å². The molecule has 2 aromatic rings. The van der Waals surface area contributed by atoms with Crippen molar-refractivity contribution in [3.63, 3.8) is 0 Å². The highest BCUT2D eigenvalue weighted by atomic mass is 16.5. The van der Waals surface area contributed by atoms with E-state index in [1.807, 2.05) is 25.1 Å². The predicted octanol–water partition coefficient (Wildman–Crippen LogP) is 2.02. The number of nitrogens with zero attached hydrogens (tertiary/aromatic N) is 2. The lowest BCUT2D eigenvalue weighted by atomic mass is 10.2. The second kappa shape index (κ2) is 9.53. The molecule has 0 bridgehead atoms. The van der Waals surface area contributed by atoms with Crippen LogP contribution in [-0.4, -0.2) is 56.0 Å². The third-order valence-electron chi connectivity index (χ3n) is 3.68. The molecule has 1 aromatic carbocycles. The average Bonchev–Trinajstić information content (AvgIpc) is 2.65.